The first-order chi connectivity index (χ1) is 23.8. The molecule has 48 heavy (non-hydrogen) atoms. The second-order valence-electron chi connectivity index (χ2n) is 12.8. The van der Waals surface area contributed by atoms with E-state index in [1.165, 1.54) is 86.6 Å². The molecular weight excluding hydrogens is 597 g/mol. The van der Waals surface area contributed by atoms with E-state index in [2.05, 4.69) is 182 Å². The molecule has 0 saturated carbocycles. The summed E-state index contributed by atoms with van der Waals surface area (Å²) in [6.07, 6.45) is 0. The minimum atomic E-state index is -0.521. The van der Waals surface area contributed by atoms with Gasteiger partial charge in [0.2, 0.25) is 0 Å². The van der Waals surface area contributed by atoms with Crippen molar-refractivity contribution in [1.82, 2.24) is 0 Å². The summed E-state index contributed by atoms with van der Waals surface area (Å²) in [5.74, 6) is 0. The molecule has 1 aliphatic rings. The quantitative estimate of drug-likeness (QED) is 0.182. The van der Waals surface area contributed by atoms with E-state index in [-0.39, 0.29) is 0 Å². The van der Waals surface area contributed by atoms with Gasteiger partial charge in [-0.25, -0.2) is 0 Å². The fourth-order valence-electron chi connectivity index (χ4n) is 8.30. The molecule has 0 saturated heterocycles. The van der Waals surface area contributed by atoms with Gasteiger partial charge in [0.05, 0.1) is 5.41 Å². The van der Waals surface area contributed by atoms with Crippen LogP contribution in [0.25, 0.3) is 64.3 Å². The van der Waals surface area contributed by atoms with Crippen LogP contribution < -0.4 is 0 Å². The van der Waals surface area contributed by atoms with Crippen molar-refractivity contribution in [3.63, 3.8) is 0 Å². The summed E-state index contributed by atoms with van der Waals surface area (Å²) >= 11 is 1.88. The normalized spacial score (nSPS) is 13.2. The number of benzene rings is 8. The lowest BCUT2D eigenvalue weighted by Gasteiger charge is -2.35. The van der Waals surface area contributed by atoms with Crippen LogP contribution in [-0.2, 0) is 5.41 Å². The molecular formula is C47H30S. The fraction of sp³-hybridized carbons (Fsp3) is 0.0213. The van der Waals surface area contributed by atoms with Gasteiger partial charge >= 0.3 is 0 Å². The highest BCUT2D eigenvalue weighted by atomic mass is 32.1. The standard InChI is InChI=1S/C47H30S/c1-4-14-31(15-5-1)32-24-26-39-42(30-32)47(35-17-6-2-7-18-35,36-19-8-3-9-20-36)46-37-21-11-10-16-33(37)28-40(45(39)46)34-25-27-44-41(29-34)38-22-12-13-23-43(38)48-44/h1-30H. The number of fused-ring (bicyclic) bond motifs is 8. The zero-order chi connectivity index (χ0) is 31.7. The van der Waals surface area contributed by atoms with E-state index < -0.39 is 5.41 Å². The lowest BCUT2D eigenvalue weighted by Crippen LogP contribution is -2.29. The van der Waals surface area contributed by atoms with Gasteiger partial charge in [-0.2, -0.15) is 0 Å². The predicted octanol–water partition coefficient (Wildman–Crippen LogP) is 12.9. The van der Waals surface area contributed by atoms with Crippen LogP contribution in [0.5, 0.6) is 0 Å². The zero-order valence-corrected chi connectivity index (χ0v) is 27.0. The van der Waals surface area contributed by atoms with Crippen molar-refractivity contribution >= 4 is 42.3 Å². The van der Waals surface area contributed by atoms with Crippen molar-refractivity contribution in [2.45, 2.75) is 5.41 Å². The Morgan fingerprint density at radius 2 is 0.979 bits per heavy atom. The van der Waals surface area contributed by atoms with Crippen molar-refractivity contribution in [2.24, 2.45) is 0 Å². The largest absolute Gasteiger partial charge is 0.135 e. The van der Waals surface area contributed by atoms with Crippen molar-refractivity contribution in [1.29, 1.82) is 0 Å². The molecule has 0 bridgehead atoms. The van der Waals surface area contributed by atoms with Crippen LogP contribution in [0.2, 0.25) is 0 Å². The maximum Gasteiger partial charge on any atom is 0.0720 e. The van der Waals surface area contributed by atoms with E-state index in [1.54, 1.807) is 0 Å². The van der Waals surface area contributed by atoms with Gasteiger partial charge in [0, 0.05) is 20.2 Å². The topological polar surface area (TPSA) is 0 Å². The second-order valence-corrected chi connectivity index (χ2v) is 13.9. The molecule has 1 heterocycles. The molecule has 0 fully saturated rings. The first kappa shape index (κ1) is 27.4. The van der Waals surface area contributed by atoms with E-state index in [4.69, 9.17) is 0 Å². The van der Waals surface area contributed by atoms with Crippen LogP contribution >= 0.6 is 11.3 Å². The van der Waals surface area contributed by atoms with Gasteiger partial charge < -0.3 is 0 Å². The Morgan fingerprint density at radius 3 is 1.73 bits per heavy atom. The predicted molar refractivity (Wildman–Crippen MR) is 205 cm³/mol. The summed E-state index contributed by atoms with van der Waals surface area (Å²) in [5.41, 5.74) is 12.4. The Bertz CT molecular complexity index is 2610. The Labute approximate surface area is 284 Å². The van der Waals surface area contributed by atoms with Gasteiger partial charge in [0.25, 0.3) is 0 Å². The average Bonchev–Trinajstić information content (AvgIpc) is 3.69. The minimum Gasteiger partial charge on any atom is -0.135 e. The molecule has 0 nitrogen and oxygen atoms in total. The van der Waals surface area contributed by atoms with Gasteiger partial charge in [-0.05, 0) is 96.7 Å². The van der Waals surface area contributed by atoms with Gasteiger partial charge in [-0.15, -0.1) is 11.3 Å². The number of hydrogen-bond donors (Lipinski definition) is 0. The Morgan fingerprint density at radius 1 is 0.375 bits per heavy atom. The third-order valence-electron chi connectivity index (χ3n) is 10.3. The van der Waals surface area contributed by atoms with E-state index in [9.17, 15) is 0 Å². The molecule has 0 spiro atoms. The van der Waals surface area contributed by atoms with Crippen LogP contribution in [0.3, 0.4) is 0 Å². The average molecular weight is 627 g/mol. The molecule has 1 aromatic heterocycles. The fourth-order valence-corrected chi connectivity index (χ4v) is 9.38. The molecule has 0 aliphatic heterocycles. The second kappa shape index (κ2) is 10.6. The van der Waals surface area contributed by atoms with E-state index in [1.807, 2.05) is 11.3 Å². The molecule has 224 valence electrons. The summed E-state index contributed by atoms with van der Waals surface area (Å²) < 4.78 is 2.66. The minimum absolute atomic E-state index is 0.521. The highest BCUT2D eigenvalue weighted by Crippen LogP contribution is 2.61. The third kappa shape index (κ3) is 3.89. The smallest absolute Gasteiger partial charge is 0.0720 e. The molecule has 0 radical (unpaired) electrons. The molecule has 0 amide bonds. The monoisotopic (exact) mass is 626 g/mol. The Balaban J connectivity index is 1.39. The van der Waals surface area contributed by atoms with E-state index in [0.29, 0.717) is 0 Å². The summed E-state index contributed by atoms with van der Waals surface area (Å²) in [7, 11) is 0. The molecule has 1 aliphatic carbocycles. The molecule has 1 heteroatoms. The zero-order valence-electron chi connectivity index (χ0n) is 26.2. The molecule has 10 rings (SSSR count). The van der Waals surface area contributed by atoms with E-state index >= 15 is 0 Å². The Kier molecular flexibility index (Phi) is 6.06. The number of hydrogen-bond acceptors (Lipinski definition) is 1. The van der Waals surface area contributed by atoms with Crippen molar-refractivity contribution in [3.05, 3.63) is 204 Å². The highest BCUT2D eigenvalue weighted by Gasteiger charge is 2.48. The van der Waals surface area contributed by atoms with Crippen molar-refractivity contribution in [2.75, 3.05) is 0 Å². The molecule has 0 N–H and O–H groups in total. The summed E-state index contributed by atoms with van der Waals surface area (Å²) in [5, 5.41) is 5.20. The molecule has 0 atom stereocenters. The van der Waals surface area contributed by atoms with Crippen LogP contribution in [0.4, 0.5) is 0 Å². The van der Waals surface area contributed by atoms with Crippen LogP contribution in [0.1, 0.15) is 22.3 Å². The van der Waals surface area contributed by atoms with Crippen molar-refractivity contribution < 1.29 is 0 Å². The summed E-state index contributed by atoms with van der Waals surface area (Å²) in [6, 6.07) is 67.7. The SMILES string of the molecule is c1ccc(-c2ccc3c(c2)C(c2ccccc2)(c2ccccc2)c2c-3c(-c3ccc4sc5ccccc5c4c3)cc3ccccc23)cc1. The first-order valence-corrected chi connectivity index (χ1v) is 17.4. The van der Waals surface area contributed by atoms with Crippen LogP contribution in [0, 0.1) is 0 Å². The maximum absolute atomic E-state index is 2.47. The maximum atomic E-state index is 2.47. The Hall–Kier alpha value is -5.76. The summed E-state index contributed by atoms with van der Waals surface area (Å²) in [4.78, 5) is 0. The van der Waals surface area contributed by atoms with Crippen LogP contribution in [0.15, 0.2) is 182 Å². The van der Waals surface area contributed by atoms with Gasteiger partial charge in [0.15, 0.2) is 0 Å². The molecule has 9 aromatic rings. The van der Waals surface area contributed by atoms with Gasteiger partial charge in [-0.1, -0.05) is 152 Å². The van der Waals surface area contributed by atoms with Gasteiger partial charge in [-0.3, -0.25) is 0 Å². The number of rotatable bonds is 4. The molecule has 0 unspecified atom stereocenters. The van der Waals surface area contributed by atoms with Crippen molar-refractivity contribution in [3.8, 4) is 33.4 Å². The highest BCUT2D eigenvalue weighted by molar-refractivity contribution is 7.25. The van der Waals surface area contributed by atoms with Crippen LogP contribution in [-0.4, -0.2) is 0 Å². The lowest BCUT2D eigenvalue weighted by molar-refractivity contribution is 0.776. The first-order valence-electron chi connectivity index (χ1n) is 16.6. The third-order valence-corrected chi connectivity index (χ3v) is 11.5. The molecule has 8 aromatic carbocycles. The lowest BCUT2D eigenvalue weighted by atomic mass is 9.66. The number of thiophene rings is 1. The van der Waals surface area contributed by atoms with E-state index in [0.717, 1.165) is 0 Å². The summed E-state index contributed by atoms with van der Waals surface area (Å²) in [6.45, 7) is 0. The van der Waals surface area contributed by atoms with Gasteiger partial charge in [0.1, 0.15) is 0 Å².